The van der Waals surface area contributed by atoms with Crippen molar-refractivity contribution >= 4 is 16.9 Å². The lowest BCUT2D eigenvalue weighted by Gasteiger charge is -2.33. The number of hydrogen-bond acceptors (Lipinski definition) is 7. The lowest BCUT2D eigenvalue weighted by Crippen LogP contribution is -2.40. The van der Waals surface area contributed by atoms with Gasteiger partial charge in [-0.05, 0) is 31.4 Å². The average molecular weight is 370 g/mol. The van der Waals surface area contributed by atoms with Gasteiger partial charge in [0.2, 0.25) is 11.8 Å². The van der Waals surface area contributed by atoms with Crippen molar-refractivity contribution in [3.05, 3.63) is 36.0 Å². The van der Waals surface area contributed by atoms with Crippen LogP contribution < -0.4 is 0 Å². The standard InChI is InChI=1S/C18H22N6O3/c1-26-11-9-16-19-18(27-22-16)15-8-4-5-10-23(15)17(25)12-24-20-13-6-2-3-7-14(13)21-24/h2-3,6-7,15H,4-5,8-12H2,1H3/t15-/m1/s1. The Morgan fingerprint density at radius 3 is 2.78 bits per heavy atom. The highest BCUT2D eigenvalue weighted by Gasteiger charge is 2.32. The van der Waals surface area contributed by atoms with Crippen molar-refractivity contribution in [2.75, 3.05) is 20.3 Å². The number of methoxy groups -OCH3 is 1. The van der Waals surface area contributed by atoms with E-state index in [-0.39, 0.29) is 18.5 Å². The molecule has 1 fully saturated rings. The van der Waals surface area contributed by atoms with Crippen molar-refractivity contribution in [3.8, 4) is 0 Å². The molecule has 2 aromatic heterocycles. The number of likely N-dealkylation sites (tertiary alicyclic amines) is 1. The van der Waals surface area contributed by atoms with Crippen LogP contribution in [0.1, 0.15) is 37.0 Å². The Morgan fingerprint density at radius 1 is 1.26 bits per heavy atom. The molecule has 1 amide bonds. The molecule has 0 unspecified atom stereocenters. The number of benzene rings is 1. The van der Waals surface area contributed by atoms with E-state index in [9.17, 15) is 4.79 Å². The first-order valence-corrected chi connectivity index (χ1v) is 9.15. The molecule has 0 saturated carbocycles. The van der Waals surface area contributed by atoms with Gasteiger partial charge in [0.1, 0.15) is 23.6 Å². The maximum atomic E-state index is 12.9. The molecular weight excluding hydrogens is 348 g/mol. The van der Waals surface area contributed by atoms with Crippen LogP contribution in [0.3, 0.4) is 0 Å². The van der Waals surface area contributed by atoms with E-state index in [4.69, 9.17) is 9.26 Å². The van der Waals surface area contributed by atoms with Crippen molar-refractivity contribution in [1.82, 2.24) is 30.0 Å². The van der Waals surface area contributed by atoms with E-state index >= 15 is 0 Å². The Hall–Kier alpha value is -2.81. The minimum absolute atomic E-state index is 0.0448. The summed E-state index contributed by atoms with van der Waals surface area (Å²) >= 11 is 0. The van der Waals surface area contributed by atoms with Gasteiger partial charge in [0.25, 0.3) is 0 Å². The van der Waals surface area contributed by atoms with Crippen LogP contribution in [0.4, 0.5) is 0 Å². The summed E-state index contributed by atoms with van der Waals surface area (Å²) in [6.45, 7) is 1.29. The highest BCUT2D eigenvalue weighted by molar-refractivity contribution is 5.77. The zero-order chi connectivity index (χ0) is 18.6. The Labute approximate surface area is 156 Å². The van der Waals surface area contributed by atoms with Crippen molar-refractivity contribution < 1.29 is 14.1 Å². The molecule has 4 rings (SSSR count). The second-order valence-corrected chi connectivity index (χ2v) is 6.61. The summed E-state index contributed by atoms with van der Waals surface area (Å²) in [5.41, 5.74) is 1.56. The quantitative estimate of drug-likeness (QED) is 0.652. The number of fused-ring (bicyclic) bond motifs is 1. The third kappa shape index (κ3) is 3.82. The molecule has 0 aliphatic carbocycles. The van der Waals surface area contributed by atoms with Gasteiger partial charge in [0, 0.05) is 20.1 Å². The van der Waals surface area contributed by atoms with Crippen LogP contribution in [0.15, 0.2) is 28.8 Å². The number of rotatable bonds is 6. The Morgan fingerprint density at radius 2 is 2.04 bits per heavy atom. The van der Waals surface area contributed by atoms with Crippen LogP contribution >= 0.6 is 0 Å². The topological polar surface area (TPSA) is 99.2 Å². The van der Waals surface area contributed by atoms with Crippen molar-refractivity contribution in [2.24, 2.45) is 0 Å². The van der Waals surface area contributed by atoms with Crippen molar-refractivity contribution in [1.29, 1.82) is 0 Å². The molecule has 0 N–H and O–H groups in total. The fourth-order valence-corrected chi connectivity index (χ4v) is 3.37. The summed E-state index contributed by atoms with van der Waals surface area (Å²) in [6.07, 6.45) is 3.38. The third-order valence-electron chi connectivity index (χ3n) is 4.73. The van der Waals surface area contributed by atoms with Gasteiger partial charge < -0.3 is 14.2 Å². The molecule has 0 spiro atoms. The average Bonchev–Trinajstić information content (AvgIpc) is 3.32. The number of carbonyl (C=O) groups is 1. The van der Waals surface area contributed by atoms with Crippen LogP contribution in [0.25, 0.3) is 11.0 Å². The zero-order valence-corrected chi connectivity index (χ0v) is 15.2. The third-order valence-corrected chi connectivity index (χ3v) is 4.73. The molecule has 3 heterocycles. The molecule has 0 radical (unpaired) electrons. The van der Waals surface area contributed by atoms with Gasteiger partial charge in [-0.1, -0.05) is 17.3 Å². The van der Waals surface area contributed by atoms with Crippen LogP contribution in [0.2, 0.25) is 0 Å². The zero-order valence-electron chi connectivity index (χ0n) is 15.2. The number of aromatic nitrogens is 5. The molecular formula is C18H22N6O3. The summed E-state index contributed by atoms with van der Waals surface area (Å²) in [6, 6.07) is 7.38. The normalized spacial score (nSPS) is 17.5. The molecule has 27 heavy (non-hydrogen) atoms. The molecule has 9 nitrogen and oxygen atoms in total. The van der Waals surface area contributed by atoms with E-state index in [1.807, 2.05) is 29.2 Å². The molecule has 1 atom stereocenters. The minimum atomic E-state index is -0.194. The van der Waals surface area contributed by atoms with Gasteiger partial charge >= 0.3 is 0 Å². The number of hydrogen-bond donors (Lipinski definition) is 0. The van der Waals surface area contributed by atoms with Crippen LogP contribution in [0, 0.1) is 0 Å². The monoisotopic (exact) mass is 370 g/mol. The SMILES string of the molecule is COCCc1noc([C@H]2CCCCN2C(=O)Cn2nc3ccccc3n2)n1. The molecule has 1 aliphatic rings. The van der Waals surface area contributed by atoms with Crippen LogP contribution in [-0.4, -0.2) is 56.2 Å². The maximum Gasteiger partial charge on any atom is 0.249 e. The number of piperidine rings is 1. The summed E-state index contributed by atoms with van der Waals surface area (Å²) in [7, 11) is 1.63. The van der Waals surface area contributed by atoms with Gasteiger partial charge in [-0.2, -0.15) is 20.0 Å². The number of ether oxygens (including phenoxy) is 1. The first-order valence-electron chi connectivity index (χ1n) is 9.15. The van der Waals surface area contributed by atoms with Gasteiger partial charge in [-0.3, -0.25) is 4.79 Å². The number of carbonyl (C=O) groups excluding carboxylic acids is 1. The fraction of sp³-hybridized carbons (Fsp3) is 0.500. The van der Waals surface area contributed by atoms with E-state index in [0.717, 1.165) is 30.3 Å². The first-order chi connectivity index (χ1) is 13.2. The van der Waals surface area contributed by atoms with E-state index < -0.39 is 0 Å². The Kier molecular flexibility index (Phi) is 5.10. The van der Waals surface area contributed by atoms with E-state index in [1.165, 1.54) is 4.80 Å². The molecule has 9 heteroatoms. The molecule has 1 aromatic carbocycles. The highest BCUT2D eigenvalue weighted by Crippen LogP contribution is 2.30. The number of nitrogens with zero attached hydrogens (tertiary/aromatic N) is 6. The smallest absolute Gasteiger partial charge is 0.249 e. The second kappa shape index (κ2) is 7.83. The molecule has 1 aliphatic heterocycles. The van der Waals surface area contributed by atoms with E-state index in [1.54, 1.807) is 7.11 Å². The molecule has 3 aromatic rings. The van der Waals surface area contributed by atoms with Gasteiger partial charge in [0.15, 0.2) is 5.82 Å². The lowest BCUT2D eigenvalue weighted by molar-refractivity contribution is -0.136. The lowest BCUT2D eigenvalue weighted by atomic mass is 10.0. The Bertz CT molecular complexity index is 888. The summed E-state index contributed by atoms with van der Waals surface area (Å²) in [5.74, 6) is 1.05. The summed E-state index contributed by atoms with van der Waals surface area (Å²) in [4.78, 5) is 20.6. The van der Waals surface area contributed by atoms with E-state index in [2.05, 4.69) is 20.3 Å². The largest absolute Gasteiger partial charge is 0.384 e. The predicted molar refractivity (Wildman–Crippen MR) is 95.7 cm³/mol. The summed E-state index contributed by atoms with van der Waals surface area (Å²) in [5, 5.41) is 12.8. The van der Waals surface area contributed by atoms with Crippen molar-refractivity contribution in [2.45, 2.75) is 38.3 Å². The van der Waals surface area contributed by atoms with Crippen molar-refractivity contribution in [3.63, 3.8) is 0 Å². The van der Waals surface area contributed by atoms with E-state index in [0.29, 0.717) is 31.3 Å². The Balaban J connectivity index is 1.49. The van der Waals surface area contributed by atoms with Gasteiger partial charge in [0.05, 0.1) is 6.61 Å². The van der Waals surface area contributed by atoms with Crippen LogP contribution in [-0.2, 0) is 22.5 Å². The van der Waals surface area contributed by atoms with Gasteiger partial charge in [-0.15, -0.1) is 0 Å². The molecule has 0 bridgehead atoms. The maximum absolute atomic E-state index is 12.9. The molecule has 1 saturated heterocycles. The first kappa shape index (κ1) is 17.6. The molecule has 142 valence electrons. The summed E-state index contributed by atoms with van der Waals surface area (Å²) < 4.78 is 10.5. The predicted octanol–water partition coefficient (Wildman–Crippen LogP) is 1.76. The fourth-order valence-electron chi connectivity index (χ4n) is 3.37. The second-order valence-electron chi connectivity index (χ2n) is 6.61. The van der Waals surface area contributed by atoms with Crippen LogP contribution in [0.5, 0.6) is 0 Å². The van der Waals surface area contributed by atoms with Gasteiger partial charge in [-0.25, -0.2) is 0 Å². The highest BCUT2D eigenvalue weighted by atomic mass is 16.5. The minimum Gasteiger partial charge on any atom is -0.384 e. The number of amides is 1.